The highest BCUT2D eigenvalue weighted by molar-refractivity contribution is 5.48. The second kappa shape index (κ2) is 8.94. The molecule has 0 saturated heterocycles. The molecule has 108 valence electrons. The maximum atomic E-state index is 8.77. The lowest BCUT2D eigenvalue weighted by Crippen LogP contribution is -2.31. The Hall–Kier alpha value is -1.06. The van der Waals surface area contributed by atoms with Crippen molar-refractivity contribution < 1.29 is 5.11 Å². The summed E-state index contributed by atoms with van der Waals surface area (Å²) in [4.78, 5) is 2.43. The van der Waals surface area contributed by atoms with Crippen LogP contribution in [0.4, 0.5) is 5.69 Å². The van der Waals surface area contributed by atoms with Gasteiger partial charge in [-0.2, -0.15) is 0 Å². The van der Waals surface area contributed by atoms with E-state index in [-0.39, 0.29) is 0 Å². The Morgan fingerprint density at radius 1 is 1.05 bits per heavy atom. The number of nitrogens with zero attached hydrogens (tertiary/aromatic N) is 1. The molecule has 0 saturated carbocycles. The van der Waals surface area contributed by atoms with E-state index in [9.17, 15) is 0 Å². The highest BCUT2D eigenvalue weighted by atomic mass is 16.2. The molecular weight excluding hydrogens is 236 g/mol. The molecule has 1 aromatic carbocycles. The number of hydrogen-bond donors (Lipinski definition) is 2. The molecule has 0 fully saturated rings. The summed E-state index contributed by atoms with van der Waals surface area (Å²) in [5, 5.41) is 8.77. The zero-order valence-corrected chi connectivity index (χ0v) is 12.3. The Balaban J connectivity index is 2.51. The minimum absolute atomic E-state index is 0.314. The maximum Gasteiger partial charge on any atom is 0.0431 e. The van der Waals surface area contributed by atoms with Gasteiger partial charge in [-0.15, -0.1) is 0 Å². The van der Waals surface area contributed by atoms with Gasteiger partial charge in [-0.05, 0) is 44.4 Å². The van der Waals surface area contributed by atoms with Crippen molar-refractivity contribution in [1.29, 1.82) is 0 Å². The minimum atomic E-state index is 0.314. The fraction of sp³-hybridized carbons (Fsp3) is 0.625. The zero-order chi connectivity index (χ0) is 14.1. The minimum Gasteiger partial charge on any atom is -0.396 e. The van der Waals surface area contributed by atoms with E-state index >= 15 is 0 Å². The monoisotopic (exact) mass is 264 g/mol. The van der Waals surface area contributed by atoms with Crippen molar-refractivity contribution in [1.82, 2.24) is 0 Å². The van der Waals surface area contributed by atoms with Crippen molar-refractivity contribution in [3.05, 3.63) is 29.8 Å². The van der Waals surface area contributed by atoms with Crippen molar-refractivity contribution in [3.8, 4) is 0 Å². The van der Waals surface area contributed by atoms with Crippen LogP contribution in [0.15, 0.2) is 24.3 Å². The van der Waals surface area contributed by atoms with Crippen LogP contribution in [-0.4, -0.2) is 24.3 Å². The number of hydrogen-bond acceptors (Lipinski definition) is 3. The Bertz CT molecular complexity index is 335. The normalized spacial score (nSPS) is 11.0. The lowest BCUT2D eigenvalue weighted by molar-refractivity contribution is 0.282. The van der Waals surface area contributed by atoms with Gasteiger partial charge < -0.3 is 15.7 Å². The van der Waals surface area contributed by atoms with Gasteiger partial charge in [0.25, 0.3) is 0 Å². The molecule has 3 N–H and O–H groups in total. The van der Waals surface area contributed by atoms with Crippen molar-refractivity contribution >= 4 is 5.69 Å². The molecule has 0 heterocycles. The van der Waals surface area contributed by atoms with E-state index in [1.165, 1.54) is 24.1 Å². The third-order valence-corrected chi connectivity index (χ3v) is 3.43. The standard InChI is InChI=1S/C16H28N2O/c1-14(2)18(11-5-3-4-6-12-19)16-9-7-15(13-17)8-10-16/h7-10,14,19H,3-6,11-13,17H2,1-2H3. The van der Waals surface area contributed by atoms with E-state index in [4.69, 9.17) is 10.8 Å². The molecule has 1 aromatic rings. The van der Waals surface area contributed by atoms with Crippen molar-refractivity contribution in [2.24, 2.45) is 5.73 Å². The van der Waals surface area contributed by atoms with E-state index in [2.05, 4.69) is 43.0 Å². The van der Waals surface area contributed by atoms with E-state index in [0.717, 1.165) is 19.4 Å². The number of unbranched alkanes of at least 4 members (excludes halogenated alkanes) is 3. The number of nitrogens with two attached hydrogens (primary N) is 1. The van der Waals surface area contributed by atoms with Gasteiger partial charge in [0, 0.05) is 31.4 Å². The molecule has 19 heavy (non-hydrogen) atoms. The van der Waals surface area contributed by atoms with Gasteiger partial charge in [0.1, 0.15) is 0 Å². The van der Waals surface area contributed by atoms with Gasteiger partial charge in [-0.3, -0.25) is 0 Å². The second-order valence-electron chi connectivity index (χ2n) is 5.30. The molecule has 0 aliphatic heterocycles. The lowest BCUT2D eigenvalue weighted by Gasteiger charge is -2.29. The SMILES string of the molecule is CC(C)N(CCCCCCO)c1ccc(CN)cc1. The van der Waals surface area contributed by atoms with Gasteiger partial charge in [0.05, 0.1) is 0 Å². The molecule has 1 rings (SSSR count). The average molecular weight is 264 g/mol. The third kappa shape index (κ3) is 5.62. The molecule has 0 atom stereocenters. The maximum absolute atomic E-state index is 8.77. The van der Waals surface area contributed by atoms with Crippen LogP contribution >= 0.6 is 0 Å². The van der Waals surface area contributed by atoms with Crippen LogP contribution < -0.4 is 10.6 Å². The molecule has 3 nitrogen and oxygen atoms in total. The molecule has 0 amide bonds. The Labute approximate surface area is 117 Å². The largest absolute Gasteiger partial charge is 0.396 e. The molecule has 0 aliphatic carbocycles. The number of anilines is 1. The summed E-state index contributed by atoms with van der Waals surface area (Å²) < 4.78 is 0. The Morgan fingerprint density at radius 3 is 2.21 bits per heavy atom. The summed E-state index contributed by atoms with van der Waals surface area (Å²) in [6.45, 7) is 6.44. The second-order valence-corrected chi connectivity index (χ2v) is 5.30. The highest BCUT2D eigenvalue weighted by Gasteiger charge is 2.09. The predicted molar refractivity (Wildman–Crippen MR) is 82.4 cm³/mol. The summed E-state index contributed by atoms with van der Waals surface area (Å²) in [5.74, 6) is 0. The Kier molecular flexibility index (Phi) is 7.53. The molecule has 0 spiro atoms. The first kappa shape index (κ1) is 16.0. The molecule has 0 radical (unpaired) electrons. The first-order valence-electron chi connectivity index (χ1n) is 7.35. The third-order valence-electron chi connectivity index (χ3n) is 3.43. The Morgan fingerprint density at radius 2 is 1.68 bits per heavy atom. The van der Waals surface area contributed by atoms with Crippen molar-refractivity contribution in [3.63, 3.8) is 0 Å². The fourth-order valence-electron chi connectivity index (χ4n) is 2.26. The number of aliphatic hydroxyl groups is 1. The molecule has 0 unspecified atom stereocenters. The quantitative estimate of drug-likeness (QED) is 0.674. The molecule has 3 heteroatoms. The summed E-state index contributed by atoms with van der Waals surface area (Å²) in [7, 11) is 0. The van der Waals surface area contributed by atoms with Crippen LogP contribution in [0.5, 0.6) is 0 Å². The van der Waals surface area contributed by atoms with Crippen LogP contribution in [0.1, 0.15) is 45.1 Å². The summed E-state index contributed by atoms with van der Waals surface area (Å²) in [6.07, 6.45) is 4.41. The topological polar surface area (TPSA) is 49.5 Å². The predicted octanol–water partition coefficient (Wildman–Crippen LogP) is 2.91. The van der Waals surface area contributed by atoms with Crippen LogP contribution in [-0.2, 0) is 6.54 Å². The van der Waals surface area contributed by atoms with Crippen molar-refractivity contribution in [2.75, 3.05) is 18.1 Å². The van der Waals surface area contributed by atoms with Gasteiger partial charge in [-0.1, -0.05) is 25.0 Å². The fourth-order valence-corrected chi connectivity index (χ4v) is 2.26. The highest BCUT2D eigenvalue weighted by Crippen LogP contribution is 2.19. The number of aliphatic hydroxyl groups excluding tert-OH is 1. The lowest BCUT2D eigenvalue weighted by atomic mass is 10.1. The van der Waals surface area contributed by atoms with Crippen LogP contribution in [0.2, 0.25) is 0 Å². The van der Waals surface area contributed by atoms with E-state index in [0.29, 0.717) is 19.2 Å². The molecule has 0 bridgehead atoms. The first-order valence-corrected chi connectivity index (χ1v) is 7.35. The number of rotatable bonds is 9. The zero-order valence-electron chi connectivity index (χ0n) is 12.3. The summed E-state index contributed by atoms with van der Waals surface area (Å²) in [6, 6.07) is 9.04. The molecule has 0 aliphatic rings. The van der Waals surface area contributed by atoms with Crippen molar-refractivity contribution in [2.45, 2.75) is 52.1 Å². The van der Waals surface area contributed by atoms with Crippen LogP contribution in [0.3, 0.4) is 0 Å². The van der Waals surface area contributed by atoms with Gasteiger partial charge in [0.2, 0.25) is 0 Å². The van der Waals surface area contributed by atoms with Gasteiger partial charge in [-0.25, -0.2) is 0 Å². The van der Waals surface area contributed by atoms with Gasteiger partial charge in [0.15, 0.2) is 0 Å². The smallest absolute Gasteiger partial charge is 0.0431 e. The summed E-state index contributed by atoms with van der Waals surface area (Å²) >= 11 is 0. The van der Waals surface area contributed by atoms with E-state index in [1.807, 2.05) is 0 Å². The van der Waals surface area contributed by atoms with E-state index < -0.39 is 0 Å². The van der Waals surface area contributed by atoms with Crippen LogP contribution in [0.25, 0.3) is 0 Å². The van der Waals surface area contributed by atoms with Gasteiger partial charge >= 0.3 is 0 Å². The first-order chi connectivity index (χ1) is 9.19. The number of benzene rings is 1. The van der Waals surface area contributed by atoms with E-state index in [1.54, 1.807) is 0 Å². The molecular formula is C16H28N2O. The average Bonchev–Trinajstić information content (AvgIpc) is 2.43. The van der Waals surface area contributed by atoms with Crippen LogP contribution in [0, 0.1) is 0 Å². The summed E-state index contributed by atoms with van der Waals surface area (Å²) in [5.41, 5.74) is 8.08. The molecule has 0 aromatic heterocycles.